The maximum absolute atomic E-state index is 13.3. The lowest BCUT2D eigenvalue weighted by Gasteiger charge is -2.13. The standard InChI is InChI=1S/C14H15F2NO3/c1-3-4-8-12(18)20-9(2)14(19)17-13-10(15)6-5-7-11(13)16/h4-9H,3H2,1-2H3,(H,17,19)/b8-4+/t9-/m1/s1. The van der Waals surface area contributed by atoms with Crippen LogP contribution in [0.2, 0.25) is 0 Å². The van der Waals surface area contributed by atoms with E-state index in [0.29, 0.717) is 6.42 Å². The van der Waals surface area contributed by atoms with Gasteiger partial charge in [0.2, 0.25) is 0 Å². The molecule has 0 unspecified atom stereocenters. The lowest BCUT2D eigenvalue weighted by Crippen LogP contribution is -2.30. The summed E-state index contributed by atoms with van der Waals surface area (Å²) in [5.41, 5.74) is -0.565. The van der Waals surface area contributed by atoms with Gasteiger partial charge in [-0.1, -0.05) is 19.1 Å². The van der Waals surface area contributed by atoms with E-state index in [1.54, 1.807) is 6.08 Å². The van der Waals surface area contributed by atoms with Gasteiger partial charge in [0.15, 0.2) is 6.10 Å². The first-order valence-corrected chi connectivity index (χ1v) is 6.07. The predicted octanol–water partition coefficient (Wildman–Crippen LogP) is 2.80. The highest BCUT2D eigenvalue weighted by Crippen LogP contribution is 2.18. The number of carbonyl (C=O) groups excluding carboxylic acids is 2. The van der Waals surface area contributed by atoms with Gasteiger partial charge in [-0.15, -0.1) is 0 Å². The monoisotopic (exact) mass is 283 g/mol. The Kier molecular flexibility index (Phi) is 5.83. The van der Waals surface area contributed by atoms with Crippen LogP contribution in [0.4, 0.5) is 14.5 Å². The number of halogens is 2. The van der Waals surface area contributed by atoms with Crippen molar-refractivity contribution in [1.29, 1.82) is 0 Å². The van der Waals surface area contributed by atoms with Crippen LogP contribution in [0.3, 0.4) is 0 Å². The van der Waals surface area contributed by atoms with Crippen LogP contribution in [-0.2, 0) is 14.3 Å². The van der Waals surface area contributed by atoms with Gasteiger partial charge in [0.1, 0.15) is 17.3 Å². The summed E-state index contributed by atoms with van der Waals surface area (Å²) in [6.07, 6.45) is 2.25. The van der Waals surface area contributed by atoms with Crippen LogP contribution in [0.25, 0.3) is 0 Å². The van der Waals surface area contributed by atoms with Gasteiger partial charge in [0, 0.05) is 6.08 Å². The van der Waals surface area contributed by atoms with Gasteiger partial charge in [-0.3, -0.25) is 4.79 Å². The van der Waals surface area contributed by atoms with Crippen molar-refractivity contribution in [2.24, 2.45) is 0 Å². The molecule has 0 bridgehead atoms. The van der Waals surface area contributed by atoms with E-state index in [9.17, 15) is 18.4 Å². The van der Waals surface area contributed by atoms with Gasteiger partial charge in [0.25, 0.3) is 5.91 Å². The topological polar surface area (TPSA) is 55.4 Å². The molecular formula is C14H15F2NO3. The van der Waals surface area contributed by atoms with Crippen LogP contribution in [0.15, 0.2) is 30.4 Å². The maximum atomic E-state index is 13.3. The molecule has 0 aliphatic rings. The Morgan fingerprint density at radius 2 is 1.95 bits per heavy atom. The van der Waals surface area contributed by atoms with Crippen molar-refractivity contribution in [2.75, 3.05) is 5.32 Å². The molecule has 1 atom stereocenters. The minimum absolute atomic E-state index is 0.565. The number of esters is 1. The lowest BCUT2D eigenvalue weighted by molar-refractivity contribution is -0.148. The molecule has 0 aromatic heterocycles. The number of amides is 1. The molecule has 0 heterocycles. The fourth-order valence-electron chi connectivity index (χ4n) is 1.32. The third-order valence-corrected chi connectivity index (χ3v) is 2.36. The molecule has 4 nitrogen and oxygen atoms in total. The number of carbonyl (C=O) groups is 2. The normalized spacial score (nSPS) is 12.2. The van der Waals surface area contributed by atoms with Gasteiger partial charge in [0.05, 0.1) is 0 Å². The van der Waals surface area contributed by atoms with Crippen molar-refractivity contribution in [1.82, 2.24) is 0 Å². The number of ether oxygens (including phenoxy) is 1. The second kappa shape index (κ2) is 7.37. The predicted molar refractivity (Wildman–Crippen MR) is 70.0 cm³/mol. The molecule has 0 fully saturated rings. The average molecular weight is 283 g/mol. The van der Waals surface area contributed by atoms with Crippen molar-refractivity contribution in [3.63, 3.8) is 0 Å². The number of para-hydroxylation sites is 1. The molecule has 1 N–H and O–H groups in total. The minimum atomic E-state index is -1.16. The average Bonchev–Trinajstić information content (AvgIpc) is 2.40. The van der Waals surface area contributed by atoms with Crippen LogP contribution in [0.5, 0.6) is 0 Å². The summed E-state index contributed by atoms with van der Waals surface area (Å²) in [7, 11) is 0. The van der Waals surface area contributed by atoms with Gasteiger partial charge < -0.3 is 10.1 Å². The number of rotatable bonds is 5. The second-order valence-electron chi connectivity index (χ2n) is 3.98. The van der Waals surface area contributed by atoms with Gasteiger partial charge in [-0.05, 0) is 25.5 Å². The number of hydrogen-bond acceptors (Lipinski definition) is 3. The molecule has 0 spiro atoms. The zero-order valence-electron chi connectivity index (χ0n) is 11.2. The molecule has 0 aliphatic carbocycles. The highest BCUT2D eigenvalue weighted by atomic mass is 19.1. The molecule has 0 saturated heterocycles. The first-order chi connectivity index (χ1) is 9.45. The Balaban J connectivity index is 2.67. The van der Waals surface area contributed by atoms with E-state index in [1.165, 1.54) is 19.1 Å². The molecule has 1 aromatic carbocycles. The summed E-state index contributed by atoms with van der Waals surface area (Å²) in [6, 6.07) is 3.21. The highest BCUT2D eigenvalue weighted by molar-refractivity contribution is 5.96. The van der Waals surface area contributed by atoms with E-state index in [4.69, 9.17) is 4.74 Å². The van der Waals surface area contributed by atoms with E-state index >= 15 is 0 Å². The molecule has 108 valence electrons. The first-order valence-electron chi connectivity index (χ1n) is 6.07. The summed E-state index contributed by atoms with van der Waals surface area (Å²) in [4.78, 5) is 22.9. The Hall–Kier alpha value is -2.24. The number of hydrogen-bond donors (Lipinski definition) is 1. The molecule has 6 heteroatoms. The molecule has 1 amide bonds. The van der Waals surface area contributed by atoms with E-state index in [0.717, 1.165) is 12.1 Å². The van der Waals surface area contributed by atoms with Crippen LogP contribution in [-0.4, -0.2) is 18.0 Å². The third kappa shape index (κ3) is 4.46. The quantitative estimate of drug-likeness (QED) is 0.668. The zero-order valence-corrected chi connectivity index (χ0v) is 11.2. The summed E-state index contributed by atoms with van der Waals surface area (Å²) < 4.78 is 31.4. The van der Waals surface area contributed by atoms with E-state index in [1.807, 2.05) is 12.2 Å². The molecule has 0 aliphatic heterocycles. The Morgan fingerprint density at radius 1 is 1.35 bits per heavy atom. The number of nitrogens with one attached hydrogen (secondary N) is 1. The Labute approximate surface area is 115 Å². The van der Waals surface area contributed by atoms with E-state index in [2.05, 4.69) is 0 Å². The molecule has 0 radical (unpaired) electrons. The zero-order chi connectivity index (χ0) is 15.1. The number of anilines is 1. The van der Waals surface area contributed by atoms with E-state index in [-0.39, 0.29) is 0 Å². The minimum Gasteiger partial charge on any atom is -0.449 e. The smallest absolute Gasteiger partial charge is 0.331 e. The van der Waals surface area contributed by atoms with Gasteiger partial charge >= 0.3 is 5.97 Å². The first kappa shape index (κ1) is 15.8. The van der Waals surface area contributed by atoms with Gasteiger partial charge in [-0.25, -0.2) is 13.6 Å². The Morgan fingerprint density at radius 3 is 2.50 bits per heavy atom. The fourth-order valence-corrected chi connectivity index (χ4v) is 1.32. The SMILES string of the molecule is CC/C=C/C(=O)O[C@H](C)C(=O)Nc1c(F)cccc1F. The molecule has 0 saturated carbocycles. The molecule has 1 aromatic rings. The van der Waals surface area contributed by atoms with Crippen LogP contribution < -0.4 is 5.32 Å². The van der Waals surface area contributed by atoms with Crippen molar-refractivity contribution in [2.45, 2.75) is 26.4 Å². The van der Waals surface area contributed by atoms with E-state index < -0.39 is 35.3 Å². The number of benzene rings is 1. The fraction of sp³-hybridized carbons (Fsp3) is 0.286. The Bertz CT molecular complexity index is 509. The highest BCUT2D eigenvalue weighted by Gasteiger charge is 2.19. The largest absolute Gasteiger partial charge is 0.449 e. The van der Waals surface area contributed by atoms with Crippen molar-refractivity contribution >= 4 is 17.6 Å². The van der Waals surface area contributed by atoms with Crippen LogP contribution in [0, 0.1) is 11.6 Å². The molecular weight excluding hydrogens is 268 g/mol. The van der Waals surface area contributed by atoms with Crippen LogP contribution in [0.1, 0.15) is 20.3 Å². The summed E-state index contributed by atoms with van der Waals surface area (Å²) in [6.45, 7) is 3.15. The van der Waals surface area contributed by atoms with Gasteiger partial charge in [-0.2, -0.15) is 0 Å². The lowest BCUT2D eigenvalue weighted by atomic mass is 10.2. The third-order valence-electron chi connectivity index (χ3n) is 2.36. The number of allylic oxidation sites excluding steroid dienone is 1. The molecule has 1 rings (SSSR count). The van der Waals surface area contributed by atoms with Crippen molar-refractivity contribution in [3.05, 3.63) is 42.0 Å². The van der Waals surface area contributed by atoms with Crippen molar-refractivity contribution in [3.8, 4) is 0 Å². The summed E-state index contributed by atoms with van der Waals surface area (Å²) in [5.74, 6) is -3.30. The second-order valence-corrected chi connectivity index (χ2v) is 3.98. The summed E-state index contributed by atoms with van der Waals surface area (Å²) >= 11 is 0. The summed E-state index contributed by atoms with van der Waals surface area (Å²) in [5, 5.41) is 2.05. The van der Waals surface area contributed by atoms with Crippen LogP contribution >= 0.6 is 0 Å². The van der Waals surface area contributed by atoms with Crippen molar-refractivity contribution < 1.29 is 23.1 Å². The molecule has 20 heavy (non-hydrogen) atoms. The maximum Gasteiger partial charge on any atom is 0.331 e.